The lowest BCUT2D eigenvalue weighted by molar-refractivity contribution is 0.0954. The standard InChI is InChI=1S/C20H26ClN5OS.HI/c1-22-20(24-11-10-23-19(27)16-5-2-3-6-17(16)21)25-15-8-12-26(13-9-15)18-7-4-14-28-18;/h2-7,14-15H,8-13H2,1H3,(H,23,27)(H2,22,24,25);1H. The minimum absolute atomic E-state index is 0. The van der Waals surface area contributed by atoms with E-state index in [-0.39, 0.29) is 29.9 Å². The number of nitrogens with one attached hydrogen (secondary N) is 3. The Hall–Kier alpha value is -1.52. The number of nitrogens with zero attached hydrogens (tertiary/aromatic N) is 2. The van der Waals surface area contributed by atoms with Crippen LogP contribution in [0.1, 0.15) is 23.2 Å². The van der Waals surface area contributed by atoms with E-state index in [1.165, 1.54) is 5.00 Å². The zero-order valence-corrected chi connectivity index (χ0v) is 20.3. The van der Waals surface area contributed by atoms with Crippen LogP contribution in [-0.4, -0.2) is 51.1 Å². The lowest BCUT2D eigenvalue weighted by atomic mass is 10.1. The summed E-state index contributed by atoms with van der Waals surface area (Å²) in [5, 5.41) is 13.5. The van der Waals surface area contributed by atoms with Gasteiger partial charge in [-0.1, -0.05) is 23.7 Å². The molecule has 3 N–H and O–H groups in total. The number of benzene rings is 1. The lowest BCUT2D eigenvalue weighted by Crippen LogP contribution is -2.49. The van der Waals surface area contributed by atoms with Crippen LogP contribution >= 0.6 is 46.9 Å². The van der Waals surface area contributed by atoms with Crippen molar-refractivity contribution in [3.8, 4) is 0 Å². The Morgan fingerprint density at radius 2 is 1.90 bits per heavy atom. The van der Waals surface area contributed by atoms with Crippen LogP contribution in [0.25, 0.3) is 0 Å². The number of piperidine rings is 1. The van der Waals surface area contributed by atoms with Crippen molar-refractivity contribution in [3.63, 3.8) is 0 Å². The third-order valence-corrected chi connectivity index (χ3v) is 5.96. The van der Waals surface area contributed by atoms with Crippen LogP contribution in [0.5, 0.6) is 0 Å². The van der Waals surface area contributed by atoms with Gasteiger partial charge in [0.2, 0.25) is 0 Å². The van der Waals surface area contributed by atoms with Crippen molar-refractivity contribution in [3.05, 3.63) is 52.4 Å². The third-order valence-electron chi connectivity index (χ3n) is 4.70. The van der Waals surface area contributed by atoms with E-state index in [0.29, 0.717) is 29.7 Å². The maximum Gasteiger partial charge on any atom is 0.252 e. The fraction of sp³-hybridized carbons (Fsp3) is 0.400. The molecule has 6 nitrogen and oxygen atoms in total. The topological polar surface area (TPSA) is 68.8 Å². The van der Waals surface area contributed by atoms with Crippen LogP contribution in [0.2, 0.25) is 5.02 Å². The van der Waals surface area contributed by atoms with Crippen molar-refractivity contribution in [1.29, 1.82) is 0 Å². The summed E-state index contributed by atoms with van der Waals surface area (Å²) in [6.45, 7) is 3.16. The van der Waals surface area contributed by atoms with Gasteiger partial charge >= 0.3 is 0 Å². The van der Waals surface area contributed by atoms with E-state index in [1.54, 1.807) is 42.6 Å². The minimum atomic E-state index is -0.170. The molecule has 9 heteroatoms. The molecule has 2 heterocycles. The first kappa shape index (κ1) is 23.8. The number of carbonyl (C=O) groups excluding carboxylic acids is 1. The maximum absolute atomic E-state index is 12.2. The average Bonchev–Trinajstić information content (AvgIpc) is 3.26. The van der Waals surface area contributed by atoms with Crippen LogP contribution in [-0.2, 0) is 0 Å². The fourth-order valence-corrected chi connectivity index (χ4v) is 4.19. The number of guanidine groups is 1. The molecule has 0 bridgehead atoms. The SMILES string of the molecule is CN=C(NCCNC(=O)c1ccccc1Cl)NC1CCN(c2cccs2)CC1.I. The van der Waals surface area contributed by atoms with Gasteiger partial charge in [-0.05, 0) is 42.5 Å². The number of thiophene rings is 1. The normalized spacial score (nSPS) is 14.8. The van der Waals surface area contributed by atoms with E-state index < -0.39 is 0 Å². The molecule has 1 amide bonds. The Bertz CT molecular complexity index is 794. The molecule has 0 spiro atoms. The number of carbonyl (C=O) groups is 1. The van der Waals surface area contributed by atoms with Gasteiger partial charge in [0.1, 0.15) is 0 Å². The molecule has 1 saturated heterocycles. The summed E-state index contributed by atoms with van der Waals surface area (Å²) in [7, 11) is 1.76. The summed E-state index contributed by atoms with van der Waals surface area (Å²) >= 11 is 7.84. The van der Waals surface area contributed by atoms with Gasteiger partial charge in [-0.25, -0.2) is 0 Å². The van der Waals surface area contributed by atoms with Gasteiger partial charge in [0.15, 0.2) is 5.96 Å². The predicted octanol–water partition coefficient (Wildman–Crippen LogP) is 3.58. The van der Waals surface area contributed by atoms with Gasteiger partial charge in [-0.15, -0.1) is 35.3 Å². The summed E-state index contributed by atoms with van der Waals surface area (Å²) in [5.74, 6) is 0.595. The third kappa shape index (κ3) is 7.04. The first-order valence-electron chi connectivity index (χ1n) is 9.45. The van der Waals surface area contributed by atoms with Gasteiger partial charge in [0, 0.05) is 39.3 Å². The van der Waals surface area contributed by atoms with Crippen molar-refractivity contribution >= 4 is 63.8 Å². The summed E-state index contributed by atoms with van der Waals surface area (Å²) in [4.78, 5) is 18.9. The van der Waals surface area contributed by atoms with Gasteiger partial charge in [0.05, 0.1) is 15.6 Å². The van der Waals surface area contributed by atoms with E-state index in [0.717, 1.165) is 31.9 Å². The molecular formula is C20H27ClIN5OS. The van der Waals surface area contributed by atoms with E-state index in [2.05, 4.69) is 43.4 Å². The van der Waals surface area contributed by atoms with E-state index >= 15 is 0 Å². The Labute approximate surface area is 198 Å². The predicted molar refractivity (Wildman–Crippen MR) is 133 cm³/mol. The number of amides is 1. The minimum Gasteiger partial charge on any atom is -0.363 e. The second-order valence-corrected chi connectivity index (χ2v) is 7.93. The van der Waals surface area contributed by atoms with Crippen LogP contribution < -0.4 is 20.9 Å². The number of halogens is 2. The zero-order chi connectivity index (χ0) is 19.8. The van der Waals surface area contributed by atoms with E-state index in [1.807, 2.05) is 0 Å². The summed E-state index contributed by atoms with van der Waals surface area (Å²) in [6.07, 6.45) is 2.14. The highest BCUT2D eigenvalue weighted by Gasteiger charge is 2.20. The summed E-state index contributed by atoms with van der Waals surface area (Å²) in [5.41, 5.74) is 0.490. The second-order valence-electron chi connectivity index (χ2n) is 6.59. The van der Waals surface area contributed by atoms with Crippen molar-refractivity contribution in [2.75, 3.05) is 38.1 Å². The van der Waals surface area contributed by atoms with Crippen molar-refractivity contribution < 1.29 is 4.79 Å². The molecule has 0 saturated carbocycles. The molecule has 2 aromatic rings. The van der Waals surface area contributed by atoms with Crippen LogP contribution in [0.3, 0.4) is 0 Å². The molecule has 0 unspecified atom stereocenters. The molecule has 29 heavy (non-hydrogen) atoms. The van der Waals surface area contributed by atoms with Crippen molar-refractivity contribution in [2.24, 2.45) is 4.99 Å². The Balaban J connectivity index is 0.00000300. The molecule has 1 aliphatic heterocycles. The molecule has 3 rings (SSSR count). The first-order chi connectivity index (χ1) is 13.7. The number of rotatable bonds is 6. The largest absolute Gasteiger partial charge is 0.363 e. The molecule has 1 fully saturated rings. The molecule has 1 aliphatic rings. The van der Waals surface area contributed by atoms with E-state index in [4.69, 9.17) is 11.6 Å². The van der Waals surface area contributed by atoms with Gasteiger partial charge < -0.3 is 20.9 Å². The van der Waals surface area contributed by atoms with Gasteiger partial charge in [-0.3, -0.25) is 9.79 Å². The van der Waals surface area contributed by atoms with Crippen LogP contribution in [0.15, 0.2) is 46.8 Å². The number of hydrogen-bond acceptors (Lipinski definition) is 4. The van der Waals surface area contributed by atoms with Crippen LogP contribution in [0, 0.1) is 0 Å². The summed E-state index contributed by atoms with van der Waals surface area (Å²) in [6, 6.07) is 11.7. The van der Waals surface area contributed by atoms with Gasteiger partial charge in [0.25, 0.3) is 5.91 Å². The highest BCUT2D eigenvalue weighted by Crippen LogP contribution is 2.24. The molecule has 158 valence electrons. The Morgan fingerprint density at radius 1 is 1.17 bits per heavy atom. The molecular weight excluding hydrogens is 521 g/mol. The van der Waals surface area contributed by atoms with Gasteiger partial charge in [-0.2, -0.15) is 0 Å². The molecule has 0 aliphatic carbocycles. The van der Waals surface area contributed by atoms with E-state index in [9.17, 15) is 4.79 Å². The second kappa shape index (κ2) is 12.2. The molecule has 0 atom stereocenters. The van der Waals surface area contributed by atoms with Crippen molar-refractivity contribution in [1.82, 2.24) is 16.0 Å². The number of hydrogen-bond donors (Lipinski definition) is 3. The molecule has 1 aromatic carbocycles. The maximum atomic E-state index is 12.2. The molecule has 1 aromatic heterocycles. The Kier molecular flexibility index (Phi) is 10.0. The highest BCUT2D eigenvalue weighted by atomic mass is 127. The quantitative estimate of drug-likeness (QED) is 0.224. The number of anilines is 1. The molecule has 0 radical (unpaired) electrons. The first-order valence-corrected chi connectivity index (χ1v) is 10.7. The zero-order valence-electron chi connectivity index (χ0n) is 16.4. The summed E-state index contributed by atoms with van der Waals surface area (Å²) < 4.78 is 0. The van der Waals surface area contributed by atoms with Crippen molar-refractivity contribution in [2.45, 2.75) is 18.9 Å². The van der Waals surface area contributed by atoms with Crippen LogP contribution in [0.4, 0.5) is 5.00 Å². The smallest absolute Gasteiger partial charge is 0.252 e. The fourth-order valence-electron chi connectivity index (χ4n) is 3.18. The monoisotopic (exact) mass is 547 g/mol. The Morgan fingerprint density at radius 3 is 2.55 bits per heavy atom. The highest BCUT2D eigenvalue weighted by molar-refractivity contribution is 14.0. The number of aliphatic imine (C=N–C) groups is 1. The average molecular weight is 548 g/mol. The lowest BCUT2D eigenvalue weighted by Gasteiger charge is -2.33.